The summed E-state index contributed by atoms with van der Waals surface area (Å²) in [6.45, 7) is 4.33. The molecule has 0 saturated heterocycles. The molecule has 0 heterocycles. The minimum atomic E-state index is -0.322. The highest BCUT2D eigenvalue weighted by Crippen LogP contribution is 2.27. The molecule has 0 saturated carbocycles. The summed E-state index contributed by atoms with van der Waals surface area (Å²) in [6.07, 6.45) is 0. The average molecular weight is 303 g/mol. The fourth-order valence-corrected chi connectivity index (χ4v) is 2.21. The van der Waals surface area contributed by atoms with Gasteiger partial charge in [-0.25, -0.2) is 4.39 Å². The Kier molecular flexibility index (Phi) is 4.91. The summed E-state index contributed by atoms with van der Waals surface area (Å²) in [5.74, 6) is 0.790. The molecule has 0 unspecified atom stereocenters. The third-order valence-corrected chi connectivity index (χ3v) is 3.49. The zero-order valence-corrected chi connectivity index (χ0v) is 12.9. The van der Waals surface area contributed by atoms with Crippen LogP contribution in [-0.2, 0) is 6.61 Å². The summed E-state index contributed by atoms with van der Waals surface area (Å²) in [5, 5.41) is 0. The first kappa shape index (κ1) is 15.4. The summed E-state index contributed by atoms with van der Waals surface area (Å²) in [7, 11) is 0. The van der Waals surface area contributed by atoms with Gasteiger partial charge < -0.3 is 10.5 Å². The maximum atomic E-state index is 13.8. The van der Waals surface area contributed by atoms with Crippen LogP contribution in [0.4, 0.5) is 4.39 Å². The van der Waals surface area contributed by atoms with Crippen LogP contribution in [0.25, 0.3) is 0 Å². The Bertz CT molecular complexity index is 655. The third-order valence-electron chi connectivity index (χ3n) is 3.25. The largest absolute Gasteiger partial charge is 0.489 e. The molecule has 0 aliphatic rings. The quantitative estimate of drug-likeness (QED) is 0.842. The molecular formula is C17H18FNOS. The highest BCUT2D eigenvalue weighted by atomic mass is 32.1. The van der Waals surface area contributed by atoms with Crippen LogP contribution in [0.1, 0.15) is 36.5 Å². The molecule has 2 aromatic rings. The van der Waals surface area contributed by atoms with Crippen molar-refractivity contribution in [2.24, 2.45) is 5.73 Å². The summed E-state index contributed by atoms with van der Waals surface area (Å²) in [6, 6.07) is 12.4. The molecule has 0 bridgehead atoms. The topological polar surface area (TPSA) is 35.2 Å². The second-order valence-electron chi connectivity index (χ2n) is 5.15. The van der Waals surface area contributed by atoms with E-state index in [9.17, 15) is 4.39 Å². The lowest BCUT2D eigenvalue weighted by Crippen LogP contribution is -2.11. The van der Waals surface area contributed by atoms with Crippen molar-refractivity contribution >= 4 is 17.2 Å². The lowest BCUT2D eigenvalue weighted by atomic mass is 10.0. The molecule has 0 spiro atoms. The van der Waals surface area contributed by atoms with Gasteiger partial charge in [-0.2, -0.15) is 0 Å². The number of hydrogen-bond donors (Lipinski definition) is 1. The Morgan fingerprint density at radius 2 is 1.95 bits per heavy atom. The van der Waals surface area contributed by atoms with Gasteiger partial charge in [0.15, 0.2) is 0 Å². The van der Waals surface area contributed by atoms with Crippen LogP contribution in [0, 0.1) is 5.82 Å². The van der Waals surface area contributed by atoms with Crippen LogP contribution >= 0.6 is 12.2 Å². The van der Waals surface area contributed by atoms with Gasteiger partial charge in [0.2, 0.25) is 0 Å². The van der Waals surface area contributed by atoms with Crippen LogP contribution in [0.2, 0.25) is 0 Å². The number of rotatable bonds is 5. The van der Waals surface area contributed by atoms with Gasteiger partial charge in [-0.3, -0.25) is 0 Å². The monoisotopic (exact) mass is 303 g/mol. The molecule has 0 radical (unpaired) electrons. The number of ether oxygens (including phenoxy) is 1. The van der Waals surface area contributed by atoms with Crippen molar-refractivity contribution in [2.45, 2.75) is 26.4 Å². The fraction of sp³-hybridized carbons (Fsp3) is 0.235. The van der Waals surface area contributed by atoms with Gasteiger partial charge >= 0.3 is 0 Å². The molecule has 0 amide bonds. The Hall–Kier alpha value is -1.94. The Labute approximate surface area is 129 Å². The van der Waals surface area contributed by atoms with Gasteiger partial charge in [-0.15, -0.1) is 0 Å². The molecular weight excluding hydrogens is 285 g/mol. The van der Waals surface area contributed by atoms with Crippen molar-refractivity contribution in [3.8, 4) is 5.75 Å². The van der Waals surface area contributed by atoms with Gasteiger partial charge in [0.1, 0.15) is 23.2 Å². The van der Waals surface area contributed by atoms with E-state index < -0.39 is 0 Å². The molecule has 0 atom stereocenters. The molecule has 4 heteroatoms. The molecule has 0 aliphatic heterocycles. The summed E-state index contributed by atoms with van der Waals surface area (Å²) in [4.78, 5) is 0.249. The predicted octanol–water partition coefficient (Wildman–Crippen LogP) is 4.16. The number of benzene rings is 2. The Balaban J connectivity index is 2.20. The molecule has 2 aromatic carbocycles. The van der Waals surface area contributed by atoms with Gasteiger partial charge in [0.25, 0.3) is 0 Å². The second kappa shape index (κ2) is 6.68. The lowest BCUT2D eigenvalue weighted by molar-refractivity contribution is 0.295. The maximum absolute atomic E-state index is 13.8. The van der Waals surface area contributed by atoms with Crippen molar-refractivity contribution in [3.63, 3.8) is 0 Å². The van der Waals surface area contributed by atoms with Gasteiger partial charge in [0.05, 0.1) is 0 Å². The van der Waals surface area contributed by atoms with Gasteiger partial charge in [0, 0.05) is 11.1 Å². The SMILES string of the molecule is CC(C)c1ccccc1OCc1cc(C(N)=S)ccc1F. The van der Waals surface area contributed by atoms with Crippen LogP contribution in [-0.4, -0.2) is 4.99 Å². The second-order valence-corrected chi connectivity index (χ2v) is 5.59. The number of halogens is 1. The van der Waals surface area contributed by atoms with E-state index in [0.29, 0.717) is 17.0 Å². The van der Waals surface area contributed by atoms with E-state index in [4.69, 9.17) is 22.7 Å². The minimum Gasteiger partial charge on any atom is -0.489 e. The van der Waals surface area contributed by atoms with Crippen LogP contribution in [0.5, 0.6) is 5.75 Å². The molecule has 0 aromatic heterocycles. The zero-order chi connectivity index (χ0) is 15.4. The van der Waals surface area contributed by atoms with Crippen LogP contribution in [0.15, 0.2) is 42.5 Å². The highest BCUT2D eigenvalue weighted by Gasteiger charge is 2.10. The van der Waals surface area contributed by atoms with E-state index in [-0.39, 0.29) is 17.4 Å². The number of hydrogen-bond acceptors (Lipinski definition) is 2. The normalized spacial score (nSPS) is 10.7. The number of nitrogens with two attached hydrogens (primary N) is 1. The van der Waals surface area contributed by atoms with Crippen molar-refractivity contribution in [1.29, 1.82) is 0 Å². The van der Waals surface area contributed by atoms with Crippen molar-refractivity contribution in [2.75, 3.05) is 0 Å². The van der Waals surface area contributed by atoms with E-state index in [0.717, 1.165) is 11.3 Å². The Morgan fingerprint density at radius 3 is 2.62 bits per heavy atom. The standard InChI is InChI=1S/C17H18FNOS/c1-11(2)14-5-3-4-6-16(14)20-10-13-9-12(17(19)21)7-8-15(13)18/h3-9,11H,10H2,1-2H3,(H2,19,21). The molecule has 0 aliphatic carbocycles. The van der Waals surface area contributed by atoms with Crippen molar-refractivity contribution in [3.05, 3.63) is 65.0 Å². The zero-order valence-electron chi connectivity index (χ0n) is 12.1. The smallest absolute Gasteiger partial charge is 0.129 e. The van der Waals surface area contributed by atoms with E-state index in [1.165, 1.54) is 6.07 Å². The fourth-order valence-electron chi connectivity index (χ4n) is 2.08. The molecule has 2 N–H and O–H groups in total. The highest BCUT2D eigenvalue weighted by molar-refractivity contribution is 7.80. The molecule has 0 fully saturated rings. The van der Waals surface area contributed by atoms with Crippen molar-refractivity contribution < 1.29 is 9.13 Å². The molecule has 2 nitrogen and oxygen atoms in total. The first-order valence-corrected chi connectivity index (χ1v) is 7.20. The first-order valence-electron chi connectivity index (χ1n) is 6.79. The van der Waals surface area contributed by atoms with E-state index in [1.807, 2.05) is 24.3 Å². The minimum absolute atomic E-state index is 0.145. The molecule has 2 rings (SSSR count). The van der Waals surface area contributed by atoms with E-state index in [1.54, 1.807) is 12.1 Å². The first-order chi connectivity index (χ1) is 9.99. The van der Waals surface area contributed by atoms with Crippen molar-refractivity contribution in [1.82, 2.24) is 0 Å². The predicted molar refractivity (Wildman–Crippen MR) is 87.2 cm³/mol. The molecule has 110 valence electrons. The summed E-state index contributed by atoms with van der Waals surface area (Å²) >= 11 is 4.91. The Morgan fingerprint density at radius 1 is 1.24 bits per heavy atom. The van der Waals surface area contributed by atoms with E-state index >= 15 is 0 Å². The van der Waals surface area contributed by atoms with Crippen LogP contribution < -0.4 is 10.5 Å². The van der Waals surface area contributed by atoms with Gasteiger partial charge in [-0.05, 0) is 35.7 Å². The van der Waals surface area contributed by atoms with E-state index in [2.05, 4.69) is 13.8 Å². The lowest BCUT2D eigenvalue weighted by Gasteiger charge is -2.14. The molecule has 21 heavy (non-hydrogen) atoms. The number of para-hydroxylation sites is 1. The number of thiocarbonyl (C=S) groups is 1. The summed E-state index contributed by atoms with van der Waals surface area (Å²) < 4.78 is 19.6. The van der Waals surface area contributed by atoms with Gasteiger partial charge in [-0.1, -0.05) is 44.3 Å². The maximum Gasteiger partial charge on any atom is 0.129 e. The summed E-state index contributed by atoms with van der Waals surface area (Å²) in [5.41, 5.74) is 7.76. The average Bonchev–Trinajstić information content (AvgIpc) is 2.46. The third kappa shape index (κ3) is 3.79. The van der Waals surface area contributed by atoms with Crippen LogP contribution in [0.3, 0.4) is 0 Å².